The average molecular weight is 573 g/mol. The first-order chi connectivity index (χ1) is 18.9. The fourth-order valence-corrected chi connectivity index (χ4v) is 6.98. The monoisotopic (exact) mass is 572 g/mol. The largest absolute Gasteiger partial charge is 0.493 e. The highest BCUT2D eigenvalue weighted by Gasteiger charge is 2.19. The summed E-state index contributed by atoms with van der Waals surface area (Å²) in [6.45, 7) is 1.89. The van der Waals surface area contributed by atoms with Gasteiger partial charge in [-0.2, -0.15) is 0 Å². The number of rotatable bonds is 7. The van der Waals surface area contributed by atoms with E-state index in [1.54, 1.807) is 36.5 Å². The van der Waals surface area contributed by atoms with E-state index in [2.05, 4.69) is 9.97 Å². The summed E-state index contributed by atoms with van der Waals surface area (Å²) in [4.78, 5) is 8.95. The van der Waals surface area contributed by atoms with Crippen LogP contribution in [0.1, 0.15) is 18.4 Å². The zero-order chi connectivity index (χ0) is 28.7. The van der Waals surface area contributed by atoms with Crippen LogP contribution in [0.3, 0.4) is 0 Å². The molecule has 0 amide bonds. The molecule has 0 bridgehead atoms. The number of aromatic nitrogens is 2. The number of aromatic hydroxyl groups is 1. The molecule has 2 heterocycles. The standard InChI is InChI=1S/C31H28N2O5S2/c1-20(19-39(2,35)36)24-15-23-10-7-13-32-30(23)27(16-24)21-8-6-9-22(14-21)28-17-25(18-33-31(28)34)26-11-4-5-12-29(26)40(3,37)38/h4-18,20H,19H2,1-3H3,(H,33,34). The Hall–Kier alpha value is -4.08. The lowest BCUT2D eigenvalue weighted by Crippen LogP contribution is -2.10. The Morgan fingerprint density at radius 2 is 1.48 bits per heavy atom. The van der Waals surface area contributed by atoms with E-state index in [-0.39, 0.29) is 22.4 Å². The predicted molar refractivity (Wildman–Crippen MR) is 159 cm³/mol. The van der Waals surface area contributed by atoms with Crippen LogP contribution in [0, 0.1) is 0 Å². The van der Waals surface area contributed by atoms with Gasteiger partial charge in [0.15, 0.2) is 9.84 Å². The lowest BCUT2D eigenvalue weighted by Gasteiger charge is -2.16. The third-order valence-corrected chi connectivity index (χ3v) is 9.06. The van der Waals surface area contributed by atoms with E-state index in [9.17, 15) is 21.9 Å². The van der Waals surface area contributed by atoms with Crippen molar-refractivity contribution in [3.8, 4) is 39.3 Å². The van der Waals surface area contributed by atoms with Crippen LogP contribution in [0.25, 0.3) is 44.3 Å². The highest BCUT2D eigenvalue weighted by atomic mass is 32.2. The van der Waals surface area contributed by atoms with E-state index >= 15 is 0 Å². The molecular weight excluding hydrogens is 544 g/mol. The van der Waals surface area contributed by atoms with E-state index in [0.29, 0.717) is 22.3 Å². The average Bonchev–Trinajstić information content (AvgIpc) is 2.91. The maximum atomic E-state index is 12.4. The van der Waals surface area contributed by atoms with E-state index in [4.69, 9.17) is 0 Å². The second-order valence-electron chi connectivity index (χ2n) is 10.1. The topological polar surface area (TPSA) is 114 Å². The van der Waals surface area contributed by atoms with E-state index in [1.807, 2.05) is 55.5 Å². The number of fused-ring (bicyclic) bond motifs is 1. The fourth-order valence-electron chi connectivity index (χ4n) is 4.97. The van der Waals surface area contributed by atoms with Crippen LogP contribution >= 0.6 is 0 Å². The molecule has 40 heavy (non-hydrogen) atoms. The van der Waals surface area contributed by atoms with Gasteiger partial charge in [0, 0.05) is 52.5 Å². The van der Waals surface area contributed by atoms with Crippen molar-refractivity contribution in [2.45, 2.75) is 17.7 Å². The molecule has 1 unspecified atom stereocenters. The van der Waals surface area contributed by atoms with Gasteiger partial charge < -0.3 is 5.11 Å². The second kappa shape index (κ2) is 10.5. The normalized spacial score (nSPS) is 12.9. The summed E-state index contributed by atoms with van der Waals surface area (Å²) >= 11 is 0. The summed E-state index contributed by atoms with van der Waals surface area (Å²) < 4.78 is 48.8. The van der Waals surface area contributed by atoms with Crippen LogP contribution in [0.2, 0.25) is 0 Å². The van der Waals surface area contributed by atoms with Crippen molar-refractivity contribution in [2.75, 3.05) is 18.3 Å². The van der Waals surface area contributed by atoms with E-state index in [0.717, 1.165) is 33.8 Å². The van der Waals surface area contributed by atoms with Crippen LogP contribution < -0.4 is 0 Å². The first kappa shape index (κ1) is 27.5. The minimum Gasteiger partial charge on any atom is -0.493 e. The number of nitrogens with zero attached hydrogens (tertiary/aromatic N) is 2. The maximum Gasteiger partial charge on any atom is 0.218 e. The number of hydrogen-bond donors (Lipinski definition) is 1. The van der Waals surface area contributed by atoms with Crippen molar-refractivity contribution < 1.29 is 21.9 Å². The van der Waals surface area contributed by atoms with Crippen molar-refractivity contribution in [1.82, 2.24) is 9.97 Å². The molecule has 7 nitrogen and oxygen atoms in total. The molecule has 0 saturated heterocycles. The summed E-state index contributed by atoms with van der Waals surface area (Å²) in [6, 6.07) is 23.7. The van der Waals surface area contributed by atoms with Crippen molar-refractivity contribution >= 4 is 30.6 Å². The molecule has 1 N–H and O–H groups in total. The summed E-state index contributed by atoms with van der Waals surface area (Å²) in [6.07, 6.45) is 5.57. The third-order valence-electron chi connectivity index (χ3n) is 6.80. The van der Waals surface area contributed by atoms with E-state index in [1.165, 1.54) is 12.5 Å². The van der Waals surface area contributed by atoms with Crippen molar-refractivity contribution in [3.05, 3.63) is 96.8 Å². The van der Waals surface area contributed by atoms with Crippen LogP contribution in [0.4, 0.5) is 0 Å². The zero-order valence-electron chi connectivity index (χ0n) is 22.2. The minimum absolute atomic E-state index is 0.0273. The minimum atomic E-state index is -3.49. The molecule has 5 rings (SSSR count). The molecule has 0 radical (unpaired) electrons. The molecular formula is C31H28N2O5S2. The quantitative estimate of drug-likeness (QED) is 0.259. The SMILES string of the molecule is CC(CS(C)(=O)=O)c1cc(-c2cccc(-c3cc(-c4ccccc4S(C)(=O)=O)cnc3O)c2)c2ncccc2c1. The number of pyridine rings is 2. The Labute approximate surface area is 234 Å². The molecule has 0 aliphatic heterocycles. The van der Waals surface area contributed by atoms with Crippen LogP contribution in [-0.2, 0) is 19.7 Å². The highest BCUT2D eigenvalue weighted by Crippen LogP contribution is 2.37. The lowest BCUT2D eigenvalue weighted by atomic mass is 9.92. The number of benzene rings is 3. The summed E-state index contributed by atoms with van der Waals surface area (Å²) in [5.41, 5.74) is 5.50. The zero-order valence-corrected chi connectivity index (χ0v) is 23.9. The third kappa shape index (κ3) is 5.76. The molecule has 1 atom stereocenters. The molecule has 0 fully saturated rings. The first-order valence-electron chi connectivity index (χ1n) is 12.6. The van der Waals surface area contributed by atoms with Gasteiger partial charge in [-0.25, -0.2) is 21.8 Å². The van der Waals surface area contributed by atoms with Crippen molar-refractivity contribution in [2.24, 2.45) is 0 Å². The Balaban J connectivity index is 1.65. The van der Waals surface area contributed by atoms with Gasteiger partial charge in [0.1, 0.15) is 9.84 Å². The maximum absolute atomic E-state index is 12.4. The fraction of sp³-hybridized carbons (Fsp3) is 0.161. The Bertz CT molecular complexity index is 1970. The Morgan fingerprint density at radius 3 is 2.20 bits per heavy atom. The van der Waals surface area contributed by atoms with Crippen LogP contribution in [0.5, 0.6) is 5.88 Å². The molecule has 0 aliphatic carbocycles. The van der Waals surface area contributed by atoms with Gasteiger partial charge in [0.05, 0.1) is 16.2 Å². The summed E-state index contributed by atoms with van der Waals surface area (Å²) in [5, 5.41) is 11.6. The van der Waals surface area contributed by atoms with Gasteiger partial charge in [-0.1, -0.05) is 49.4 Å². The van der Waals surface area contributed by atoms with Crippen molar-refractivity contribution in [3.63, 3.8) is 0 Å². The van der Waals surface area contributed by atoms with Gasteiger partial charge in [-0.15, -0.1) is 0 Å². The first-order valence-corrected chi connectivity index (χ1v) is 16.5. The summed E-state index contributed by atoms with van der Waals surface area (Å²) in [5.74, 6) is -0.378. The number of hydrogen-bond acceptors (Lipinski definition) is 7. The summed E-state index contributed by atoms with van der Waals surface area (Å²) in [7, 11) is -6.67. The molecule has 9 heteroatoms. The van der Waals surface area contributed by atoms with Gasteiger partial charge in [0.25, 0.3) is 0 Å². The molecule has 204 valence electrons. The molecule has 0 aliphatic rings. The Morgan fingerprint density at radius 1 is 0.750 bits per heavy atom. The molecule has 3 aromatic carbocycles. The molecule has 2 aromatic heterocycles. The highest BCUT2D eigenvalue weighted by molar-refractivity contribution is 7.91. The van der Waals surface area contributed by atoms with Gasteiger partial charge in [-0.05, 0) is 59.0 Å². The van der Waals surface area contributed by atoms with Crippen LogP contribution in [-0.4, -0.2) is 50.2 Å². The molecule has 5 aromatic rings. The number of sulfone groups is 2. The second-order valence-corrected chi connectivity index (χ2v) is 14.3. The Kier molecular flexibility index (Phi) is 7.20. The molecule has 0 spiro atoms. The smallest absolute Gasteiger partial charge is 0.218 e. The van der Waals surface area contributed by atoms with Crippen molar-refractivity contribution in [1.29, 1.82) is 0 Å². The lowest BCUT2D eigenvalue weighted by molar-refractivity contribution is 0.456. The van der Waals surface area contributed by atoms with Gasteiger partial charge in [0.2, 0.25) is 5.88 Å². The molecule has 0 saturated carbocycles. The van der Waals surface area contributed by atoms with Crippen LogP contribution in [0.15, 0.2) is 96.2 Å². The van der Waals surface area contributed by atoms with E-state index < -0.39 is 19.7 Å². The van der Waals surface area contributed by atoms with Gasteiger partial charge >= 0.3 is 0 Å². The van der Waals surface area contributed by atoms with Gasteiger partial charge in [-0.3, -0.25) is 4.98 Å². The predicted octanol–water partition coefficient (Wildman–Crippen LogP) is 5.89.